The lowest BCUT2D eigenvalue weighted by Crippen LogP contribution is -2.37. The van der Waals surface area contributed by atoms with E-state index in [4.69, 9.17) is 0 Å². The van der Waals surface area contributed by atoms with Crippen molar-refractivity contribution in [2.24, 2.45) is 0 Å². The highest BCUT2D eigenvalue weighted by Gasteiger charge is 2.23. The number of thioether (sulfide) groups is 1. The summed E-state index contributed by atoms with van der Waals surface area (Å²) >= 11 is 1.53. The van der Waals surface area contributed by atoms with E-state index in [2.05, 4.69) is 16.0 Å². The van der Waals surface area contributed by atoms with Crippen molar-refractivity contribution >= 4 is 41.7 Å². The lowest BCUT2D eigenvalue weighted by Gasteiger charge is -2.21. The summed E-state index contributed by atoms with van der Waals surface area (Å²) < 4.78 is 0. The smallest absolute Gasteiger partial charge is 0.251 e. The summed E-state index contributed by atoms with van der Waals surface area (Å²) in [5.74, 6) is -0.106. The number of hydrogen-bond acceptors (Lipinski definition) is 4. The zero-order chi connectivity index (χ0) is 17.6. The molecule has 0 aromatic heterocycles. The second kappa shape index (κ2) is 10.2. The topological polar surface area (TPSA) is 70.2 Å². The molecule has 144 valence electrons. The van der Waals surface area contributed by atoms with Gasteiger partial charge in [-0.05, 0) is 38.0 Å². The van der Waals surface area contributed by atoms with Crippen molar-refractivity contribution in [1.82, 2.24) is 10.6 Å². The Morgan fingerprint density at radius 2 is 1.92 bits per heavy atom. The highest BCUT2D eigenvalue weighted by Crippen LogP contribution is 2.35. The van der Waals surface area contributed by atoms with Crippen molar-refractivity contribution in [2.75, 3.05) is 18.4 Å². The van der Waals surface area contributed by atoms with Gasteiger partial charge in [0, 0.05) is 29.6 Å². The van der Waals surface area contributed by atoms with Gasteiger partial charge < -0.3 is 16.0 Å². The van der Waals surface area contributed by atoms with Gasteiger partial charge in [0.1, 0.15) is 0 Å². The second-order valence-electron chi connectivity index (χ2n) is 6.86. The van der Waals surface area contributed by atoms with Crippen molar-refractivity contribution in [3.05, 3.63) is 23.8 Å². The summed E-state index contributed by atoms with van der Waals surface area (Å²) in [7, 11) is 0. The van der Waals surface area contributed by atoms with Crippen LogP contribution in [0.2, 0.25) is 0 Å². The zero-order valence-electron chi connectivity index (χ0n) is 15.2. The van der Waals surface area contributed by atoms with Gasteiger partial charge in [0.15, 0.2) is 0 Å². The Kier molecular flexibility index (Phi) is 8.25. The standard InChI is InChI=1S/C19H27N3O2S.ClH/c1-13-18(23)22-16-12-14(8-9-17(16)25-13)19(24)21-11-10-20-15-6-4-2-3-5-7-15;/h8-9,12-13,15,20H,2-7,10-11H2,1H3,(H,21,24)(H,22,23);1H. The summed E-state index contributed by atoms with van der Waals surface area (Å²) in [6, 6.07) is 6.09. The van der Waals surface area contributed by atoms with Gasteiger partial charge in [-0.15, -0.1) is 24.2 Å². The highest BCUT2D eigenvalue weighted by molar-refractivity contribution is 8.00. The molecule has 3 rings (SSSR count). The van der Waals surface area contributed by atoms with Crippen LogP contribution < -0.4 is 16.0 Å². The van der Waals surface area contributed by atoms with Crippen molar-refractivity contribution in [3.63, 3.8) is 0 Å². The van der Waals surface area contributed by atoms with Crippen LogP contribution in [-0.2, 0) is 4.79 Å². The molecule has 5 nitrogen and oxygen atoms in total. The minimum Gasteiger partial charge on any atom is -0.351 e. The average molecular weight is 398 g/mol. The van der Waals surface area contributed by atoms with Gasteiger partial charge in [0.05, 0.1) is 10.9 Å². The fourth-order valence-corrected chi connectivity index (χ4v) is 4.32. The normalized spacial score (nSPS) is 20.3. The molecular weight excluding hydrogens is 370 g/mol. The Hall–Kier alpha value is -1.24. The molecule has 2 aliphatic rings. The molecule has 1 atom stereocenters. The van der Waals surface area contributed by atoms with E-state index in [0.29, 0.717) is 18.2 Å². The lowest BCUT2D eigenvalue weighted by molar-refractivity contribution is -0.115. The third-order valence-electron chi connectivity index (χ3n) is 4.87. The number of amides is 2. The third kappa shape index (κ3) is 5.63. The van der Waals surface area contributed by atoms with Crippen molar-refractivity contribution in [2.45, 2.75) is 61.6 Å². The Morgan fingerprint density at radius 3 is 2.65 bits per heavy atom. The molecule has 1 aliphatic carbocycles. The maximum Gasteiger partial charge on any atom is 0.251 e. The second-order valence-corrected chi connectivity index (χ2v) is 8.24. The first-order valence-corrected chi connectivity index (χ1v) is 10.1. The number of carbonyl (C=O) groups excluding carboxylic acids is 2. The van der Waals surface area contributed by atoms with E-state index in [0.717, 1.165) is 17.1 Å². The zero-order valence-corrected chi connectivity index (χ0v) is 16.8. The maximum atomic E-state index is 12.3. The Balaban J connectivity index is 0.00000243. The van der Waals surface area contributed by atoms with Crippen LogP contribution >= 0.6 is 24.2 Å². The number of anilines is 1. The minimum absolute atomic E-state index is 0. The molecule has 1 aromatic rings. The molecule has 0 radical (unpaired) electrons. The molecule has 26 heavy (non-hydrogen) atoms. The molecule has 1 unspecified atom stereocenters. The van der Waals surface area contributed by atoms with Crippen LogP contribution in [0.25, 0.3) is 0 Å². The van der Waals surface area contributed by atoms with Gasteiger partial charge in [0.25, 0.3) is 5.91 Å². The summed E-state index contributed by atoms with van der Waals surface area (Å²) in [4.78, 5) is 25.1. The maximum absolute atomic E-state index is 12.3. The molecule has 7 heteroatoms. The molecule has 0 spiro atoms. The monoisotopic (exact) mass is 397 g/mol. The van der Waals surface area contributed by atoms with Crippen LogP contribution in [0.5, 0.6) is 0 Å². The first-order chi connectivity index (χ1) is 12.1. The molecular formula is C19H28ClN3O2S. The lowest BCUT2D eigenvalue weighted by atomic mass is 10.1. The number of carbonyl (C=O) groups is 2. The van der Waals surface area contributed by atoms with Crippen LogP contribution in [0.4, 0.5) is 5.69 Å². The Morgan fingerprint density at radius 1 is 1.19 bits per heavy atom. The fourth-order valence-electron chi connectivity index (χ4n) is 3.39. The van der Waals surface area contributed by atoms with Gasteiger partial charge in [-0.3, -0.25) is 9.59 Å². The summed E-state index contributed by atoms with van der Waals surface area (Å²) in [6.07, 6.45) is 7.80. The average Bonchev–Trinajstić information content (AvgIpc) is 2.88. The van der Waals surface area contributed by atoms with Gasteiger partial charge in [-0.25, -0.2) is 0 Å². The Labute approximate surface area is 165 Å². The molecule has 1 saturated carbocycles. The molecule has 0 bridgehead atoms. The molecule has 0 saturated heterocycles. The Bertz CT molecular complexity index is 633. The van der Waals surface area contributed by atoms with Gasteiger partial charge in [0.2, 0.25) is 5.91 Å². The van der Waals surface area contributed by atoms with E-state index in [1.54, 1.807) is 6.07 Å². The number of halogens is 1. The van der Waals surface area contributed by atoms with E-state index in [1.807, 2.05) is 19.1 Å². The molecule has 2 amide bonds. The van der Waals surface area contributed by atoms with Gasteiger partial charge >= 0.3 is 0 Å². The molecule has 1 aromatic carbocycles. The van der Waals surface area contributed by atoms with Crippen LogP contribution in [0, 0.1) is 0 Å². The summed E-state index contributed by atoms with van der Waals surface area (Å²) in [6.45, 7) is 3.29. The summed E-state index contributed by atoms with van der Waals surface area (Å²) in [5, 5.41) is 9.29. The number of rotatable bonds is 5. The quantitative estimate of drug-likeness (QED) is 0.524. The molecule has 1 heterocycles. The molecule has 1 aliphatic heterocycles. The van der Waals surface area contributed by atoms with E-state index in [1.165, 1.54) is 50.3 Å². The first-order valence-electron chi connectivity index (χ1n) is 9.26. The predicted molar refractivity (Wildman–Crippen MR) is 109 cm³/mol. The number of nitrogens with one attached hydrogen (secondary N) is 3. The number of benzene rings is 1. The minimum atomic E-state index is -0.0951. The SMILES string of the molecule is CC1Sc2ccc(C(=O)NCCNC3CCCCCC3)cc2NC1=O.Cl. The summed E-state index contributed by atoms with van der Waals surface area (Å²) in [5.41, 5.74) is 1.32. The van der Waals surface area contributed by atoms with Crippen LogP contribution in [0.1, 0.15) is 55.8 Å². The largest absolute Gasteiger partial charge is 0.351 e. The van der Waals surface area contributed by atoms with E-state index in [9.17, 15) is 9.59 Å². The molecule has 3 N–H and O–H groups in total. The van der Waals surface area contributed by atoms with Gasteiger partial charge in [-0.2, -0.15) is 0 Å². The van der Waals surface area contributed by atoms with Crippen LogP contribution in [0.15, 0.2) is 23.1 Å². The highest BCUT2D eigenvalue weighted by atomic mass is 35.5. The van der Waals surface area contributed by atoms with Crippen molar-refractivity contribution < 1.29 is 9.59 Å². The van der Waals surface area contributed by atoms with E-state index < -0.39 is 0 Å². The van der Waals surface area contributed by atoms with Crippen molar-refractivity contribution in [3.8, 4) is 0 Å². The van der Waals surface area contributed by atoms with E-state index >= 15 is 0 Å². The first kappa shape index (κ1) is 21.1. The molecule has 1 fully saturated rings. The fraction of sp³-hybridized carbons (Fsp3) is 0.579. The third-order valence-corrected chi connectivity index (χ3v) is 6.05. The van der Waals surface area contributed by atoms with E-state index in [-0.39, 0.29) is 29.5 Å². The van der Waals surface area contributed by atoms with Crippen LogP contribution in [0.3, 0.4) is 0 Å². The predicted octanol–water partition coefficient (Wildman–Crippen LogP) is 3.58. The number of hydrogen-bond donors (Lipinski definition) is 3. The number of fused-ring (bicyclic) bond motifs is 1. The van der Waals surface area contributed by atoms with Crippen molar-refractivity contribution in [1.29, 1.82) is 0 Å². The van der Waals surface area contributed by atoms with Crippen LogP contribution in [-0.4, -0.2) is 36.2 Å². The van der Waals surface area contributed by atoms with Gasteiger partial charge in [-0.1, -0.05) is 25.7 Å².